The number of rotatable bonds is 2. The number of anilines is 2. The molecule has 0 unspecified atom stereocenters. The van der Waals surface area contributed by atoms with Gasteiger partial charge in [-0.1, -0.05) is 11.8 Å². The number of nitrogens with two attached hydrogens (primary N) is 1. The molecule has 100 valence electrons. The molecule has 0 aliphatic carbocycles. The zero-order valence-corrected chi connectivity index (χ0v) is 10.6. The number of amides is 2. The fourth-order valence-corrected chi connectivity index (χ4v) is 2.59. The Morgan fingerprint density at radius 1 is 1.42 bits per heavy atom. The third-order valence-corrected chi connectivity index (χ3v) is 3.67. The van der Waals surface area contributed by atoms with Crippen LogP contribution >= 0.6 is 11.8 Å². The predicted octanol–water partition coefficient (Wildman–Crippen LogP) is 0.761. The minimum Gasteiger partial charge on any atom is -0.454 e. The molecule has 7 nitrogen and oxygen atoms in total. The van der Waals surface area contributed by atoms with Crippen LogP contribution in [0.2, 0.25) is 0 Å². The third-order valence-electron chi connectivity index (χ3n) is 2.79. The number of nitrogens with one attached hydrogen (secondary N) is 2. The first kappa shape index (κ1) is 12.0. The molecule has 2 amide bonds. The van der Waals surface area contributed by atoms with Crippen molar-refractivity contribution >= 4 is 34.3 Å². The highest BCUT2D eigenvalue weighted by Crippen LogP contribution is 2.38. The van der Waals surface area contributed by atoms with E-state index in [0.717, 1.165) is 11.8 Å². The molecule has 4 N–H and O–H groups in total. The molecule has 0 saturated carbocycles. The number of nitrogen functional groups attached to an aromatic ring is 1. The van der Waals surface area contributed by atoms with E-state index in [2.05, 4.69) is 10.6 Å². The quantitative estimate of drug-likeness (QED) is 0.692. The Labute approximate surface area is 112 Å². The van der Waals surface area contributed by atoms with Gasteiger partial charge in [0.15, 0.2) is 11.5 Å². The lowest BCUT2D eigenvalue weighted by Gasteiger charge is -2.12. The molecular weight excluding hydrogens is 270 g/mol. The van der Waals surface area contributed by atoms with E-state index in [1.165, 1.54) is 0 Å². The summed E-state index contributed by atoms with van der Waals surface area (Å²) in [4.78, 5) is 23.0. The van der Waals surface area contributed by atoms with E-state index in [0.29, 0.717) is 28.6 Å². The van der Waals surface area contributed by atoms with Crippen molar-refractivity contribution in [1.82, 2.24) is 5.32 Å². The lowest BCUT2D eigenvalue weighted by atomic mass is 10.2. The van der Waals surface area contributed by atoms with E-state index in [1.54, 1.807) is 12.1 Å². The lowest BCUT2D eigenvalue weighted by molar-refractivity contribution is -0.117. The largest absolute Gasteiger partial charge is 0.454 e. The summed E-state index contributed by atoms with van der Waals surface area (Å²) in [5.41, 5.74) is 6.65. The maximum atomic E-state index is 11.9. The molecule has 0 radical (unpaired) electrons. The number of carbonyl (C=O) groups is 2. The Hall–Kier alpha value is -2.09. The molecule has 0 aromatic heterocycles. The standard InChI is InChI=1S/C11H11N3O4S/c12-5-1-8-9(18-4-17-8)2-6(5)13-10(15)7-3-19-11(16)14-7/h1-2,7H,3-4,12H2,(H,13,15)(H,14,16)/t7-/m0/s1. The first-order valence-corrected chi connectivity index (χ1v) is 6.55. The number of benzene rings is 1. The summed E-state index contributed by atoms with van der Waals surface area (Å²) in [6.45, 7) is 0.140. The molecule has 1 aromatic carbocycles. The summed E-state index contributed by atoms with van der Waals surface area (Å²) in [5, 5.41) is 5.04. The molecule has 1 aromatic rings. The van der Waals surface area contributed by atoms with Crippen molar-refractivity contribution in [1.29, 1.82) is 0 Å². The summed E-state index contributed by atoms with van der Waals surface area (Å²) in [7, 11) is 0. The maximum Gasteiger partial charge on any atom is 0.279 e. The average molecular weight is 281 g/mol. The third kappa shape index (κ3) is 2.26. The monoisotopic (exact) mass is 281 g/mol. The van der Waals surface area contributed by atoms with Gasteiger partial charge in [0.2, 0.25) is 12.7 Å². The maximum absolute atomic E-state index is 11.9. The molecule has 0 spiro atoms. The molecule has 1 atom stereocenters. The van der Waals surface area contributed by atoms with Crippen molar-refractivity contribution in [3.05, 3.63) is 12.1 Å². The fourth-order valence-electron chi connectivity index (χ4n) is 1.81. The number of ether oxygens (including phenoxy) is 2. The van der Waals surface area contributed by atoms with Crippen molar-refractivity contribution in [3.8, 4) is 11.5 Å². The van der Waals surface area contributed by atoms with Crippen LogP contribution in [0.5, 0.6) is 11.5 Å². The highest BCUT2D eigenvalue weighted by atomic mass is 32.2. The first-order chi connectivity index (χ1) is 9.13. The van der Waals surface area contributed by atoms with Crippen molar-refractivity contribution in [2.45, 2.75) is 6.04 Å². The molecule has 1 saturated heterocycles. The van der Waals surface area contributed by atoms with Gasteiger partial charge in [-0.25, -0.2) is 0 Å². The van der Waals surface area contributed by atoms with E-state index in [9.17, 15) is 9.59 Å². The molecule has 19 heavy (non-hydrogen) atoms. The first-order valence-electron chi connectivity index (χ1n) is 5.57. The molecule has 2 aliphatic heterocycles. The summed E-state index contributed by atoms with van der Waals surface area (Å²) < 4.78 is 10.4. The van der Waals surface area contributed by atoms with E-state index in [-0.39, 0.29) is 17.9 Å². The number of hydrogen-bond donors (Lipinski definition) is 3. The topological polar surface area (TPSA) is 103 Å². The average Bonchev–Trinajstić information content (AvgIpc) is 2.98. The summed E-state index contributed by atoms with van der Waals surface area (Å²) >= 11 is 1.08. The van der Waals surface area contributed by atoms with Gasteiger partial charge in [-0.3, -0.25) is 9.59 Å². The van der Waals surface area contributed by atoms with Crippen molar-refractivity contribution in [3.63, 3.8) is 0 Å². The molecule has 2 aliphatic rings. The number of fused-ring (bicyclic) bond motifs is 1. The number of hydrogen-bond acceptors (Lipinski definition) is 6. The molecule has 8 heteroatoms. The van der Waals surface area contributed by atoms with Crippen LogP contribution in [-0.2, 0) is 4.79 Å². The summed E-state index contributed by atoms with van der Waals surface area (Å²) in [6.07, 6.45) is 0. The fraction of sp³-hybridized carbons (Fsp3) is 0.273. The Morgan fingerprint density at radius 2 is 2.16 bits per heavy atom. The van der Waals surface area contributed by atoms with Crippen LogP contribution in [0.4, 0.5) is 16.2 Å². The number of carbonyl (C=O) groups excluding carboxylic acids is 2. The Bertz CT molecular complexity index is 563. The zero-order valence-electron chi connectivity index (χ0n) is 9.76. The van der Waals surface area contributed by atoms with Gasteiger partial charge >= 0.3 is 0 Å². The van der Waals surface area contributed by atoms with Crippen LogP contribution in [0.25, 0.3) is 0 Å². The second-order valence-corrected chi connectivity index (χ2v) is 5.07. The van der Waals surface area contributed by atoms with Gasteiger partial charge in [-0.2, -0.15) is 0 Å². The minimum absolute atomic E-state index is 0.140. The molecular formula is C11H11N3O4S. The highest BCUT2D eigenvalue weighted by molar-refractivity contribution is 8.14. The van der Waals surface area contributed by atoms with Gasteiger partial charge in [0.25, 0.3) is 5.24 Å². The van der Waals surface area contributed by atoms with Crippen LogP contribution in [-0.4, -0.2) is 29.7 Å². The van der Waals surface area contributed by atoms with E-state index >= 15 is 0 Å². The van der Waals surface area contributed by atoms with Gasteiger partial charge in [0.1, 0.15) is 6.04 Å². The molecule has 2 heterocycles. The Kier molecular flexibility index (Phi) is 2.86. The summed E-state index contributed by atoms with van der Waals surface area (Å²) in [6, 6.07) is 2.67. The number of thioether (sulfide) groups is 1. The molecule has 3 rings (SSSR count). The van der Waals surface area contributed by atoms with Crippen molar-refractivity contribution in [2.24, 2.45) is 0 Å². The molecule has 1 fully saturated rings. The van der Waals surface area contributed by atoms with Gasteiger partial charge in [0.05, 0.1) is 11.4 Å². The Balaban J connectivity index is 1.76. The van der Waals surface area contributed by atoms with E-state index in [1.807, 2.05) is 0 Å². The SMILES string of the molecule is Nc1cc2c(cc1NC(=O)[C@@H]1CSC(=O)N1)OCO2. The normalized spacial score (nSPS) is 20.2. The van der Waals surface area contributed by atoms with Crippen LogP contribution in [0.15, 0.2) is 12.1 Å². The van der Waals surface area contributed by atoms with Crippen molar-refractivity contribution < 1.29 is 19.1 Å². The van der Waals surface area contributed by atoms with E-state index in [4.69, 9.17) is 15.2 Å². The smallest absolute Gasteiger partial charge is 0.279 e. The highest BCUT2D eigenvalue weighted by Gasteiger charge is 2.28. The Morgan fingerprint density at radius 3 is 2.84 bits per heavy atom. The van der Waals surface area contributed by atoms with Crippen LogP contribution < -0.4 is 25.8 Å². The van der Waals surface area contributed by atoms with Crippen LogP contribution in [0.1, 0.15) is 0 Å². The van der Waals surface area contributed by atoms with Crippen molar-refractivity contribution in [2.75, 3.05) is 23.6 Å². The minimum atomic E-state index is -0.540. The zero-order chi connectivity index (χ0) is 13.4. The lowest BCUT2D eigenvalue weighted by Crippen LogP contribution is -2.38. The van der Waals surface area contributed by atoms with Gasteiger partial charge in [-0.05, 0) is 0 Å². The predicted molar refractivity (Wildman–Crippen MR) is 70.4 cm³/mol. The van der Waals surface area contributed by atoms with Crippen LogP contribution in [0, 0.1) is 0 Å². The van der Waals surface area contributed by atoms with Gasteiger partial charge < -0.3 is 25.8 Å². The van der Waals surface area contributed by atoms with Gasteiger partial charge in [0, 0.05) is 17.9 Å². The second kappa shape index (κ2) is 4.54. The summed E-state index contributed by atoms with van der Waals surface area (Å²) in [5.74, 6) is 1.20. The molecule has 0 bridgehead atoms. The van der Waals surface area contributed by atoms with Crippen LogP contribution in [0.3, 0.4) is 0 Å². The van der Waals surface area contributed by atoms with E-state index < -0.39 is 6.04 Å². The van der Waals surface area contributed by atoms with Gasteiger partial charge in [-0.15, -0.1) is 0 Å². The second-order valence-electron chi connectivity index (χ2n) is 4.08.